The van der Waals surface area contributed by atoms with Crippen molar-refractivity contribution in [1.82, 2.24) is 30.6 Å². The van der Waals surface area contributed by atoms with E-state index in [1.54, 1.807) is 6.20 Å². The Morgan fingerprint density at radius 3 is 3.04 bits per heavy atom. The van der Waals surface area contributed by atoms with Crippen LogP contribution in [0, 0.1) is 0 Å². The maximum Gasteiger partial charge on any atom is 0.255 e. The fourth-order valence-corrected chi connectivity index (χ4v) is 3.95. The van der Waals surface area contributed by atoms with Crippen molar-refractivity contribution < 1.29 is 4.79 Å². The number of H-pyrrole nitrogens is 1. The molecule has 134 valence electrons. The Labute approximate surface area is 147 Å². The average Bonchev–Trinajstić information content (AvgIpc) is 3.23. The van der Waals surface area contributed by atoms with E-state index in [2.05, 4.69) is 32.0 Å². The molecule has 0 atom stereocenters. The summed E-state index contributed by atoms with van der Waals surface area (Å²) in [6.45, 7) is 3.26. The van der Waals surface area contributed by atoms with Gasteiger partial charge < -0.3 is 10.6 Å². The molecule has 0 aromatic carbocycles. The van der Waals surface area contributed by atoms with E-state index in [0.29, 0.717) is 18.0 Å². The fourth-order valence-electron chi connectivity index (χ4n) is 3.95. The first-order valence-electron chi connectivity index (χ1n) is 9.39. The summed E-state index contributed by atoms with van der Waals surface area (Å²) in [5.74, 6) is 0.377. The first kappa shape index (κ1) is 16.3. The number of fused-ring (bicyclic) bond motifs is 1. The lowest BCUT2D eigenvalue weighted by molar-refractivity contribution is 0.0948. The van der Waals surface area contributed by atoms with Crippen LogP contribution in [0.1, 0.15) is 71.9 Å². The molecule has 0 spiro atoms. The van der Waals surface area contributed by atoms with Crippen molar-refractivity contribution in [2.45, 2.75) is 64.1 Å². The van der Waals surface area contributed by atoms with Crippen LogP contribution in [0.25, 0.3) is 0 Å². The number of aryl methyl sites for hydroxylation is 1. The Hall–Kier alpha value is -2.15. The minimum Gasteiger partial charge on any atom is -0.346 e. The Morgan fingerprint density at radius 2 is 2.16 bits per heavy atom. The smallest absolute Gasteiger partial charge is 0.255 e. The molecule has 7 heteroatoms. The molecular weight excluding hydrogens is 316 g/mol. The van der Waals surface area contributed by atoms with Gasteiger partial charge in [-0.3, -0.25) is 14.6 Å². The number of carbonyl (C=O) groups excluding carboxylic acids is 1. The standard InChI is InChI=1S/C18H26N6O/c25-18(16-12-21-22-17(16)13-5-2-1-3-6-13)20-10-14-9-15-11-19-7-4-8-24(15)23-14/h9,12-13,19H,1-8,10-11H2,(H,20,25)(H,21,22). The molecular formula is C18H26N6O. The number of aromatic amines is 1. The molecule has 2 aromatic rings. The lowest BCUT2D eigenvalue weighted by Gasteiger charge is -2.21. The minimum atomic E-state index is -0.0596. The number of amides is 1. The summed E-state index contributed by atoms with van der Waals surface area (Å²) in [4.78, 5) is 12.6. The molecule has 2 aliphatic rings. The lowest BCUT2D eigenvalue weighted by atomic mass is 9.85. The third-order valence-electron chi connectivity index (χ3n) is 5.30. The second kappa shape index (κ2) is 7.39. The summed E-state index contributed by atoms with van der Waals surface area (Å²) in [6, 6.07) is 2.08. The Bertz CT molecular complexity index is 704. The van der Waals surface area contributed by atoms with Crippen LogP contribution in [0.4, 0.5) is 0 Å². The van der Waals surface area contributed by atoms with Crippen LogP contribution >= 0.6 is 0 Å². The molecule has 3 N–H and O–H groups in total. The SMILES string of the molecule is O=C(NCc1cc2n(n1)CCCNC2)c1cn[nH]c1C1CCCCC1. The minimum absolute atomic E-state index is 0.0596. The van der Waals surface area contributed by atoms with Gasteiger partial charge in [0.05, 0.1) is 35.4 Å². The van der Waals surface area contributed by atoms with E-state index >= 15 is 0 Å². The number of rotatable bonds is 4. The summed E-state index contributed by atoms with van der Waals surface area (Å²) in [6.07, 6.45) is 8.79. The molecule has 1 aliphatic heterocycles. The molecule has 25 heavy (non-hydrogen) atoms. The number of hydrogen-bond acceptors (Lipinski definition) is 4. The van der Waals surface area contributed by atoms with Crippen molar-refractivity contribution in [3.63, 3.8) is 0 Å². The third kappa shape index (κ3) is 3.61. The van der Waals surface area contributed by atoms with Gasteiger partial charge in [-0.25, -0.2) is 0 Å². The van der Waals surface area contributed by atoms with Crippen LogP contribution in [0.2, 0.25) is 0 Å². The number of hydrogen-bond donors (Lipinski definition) is 3. The molecule has 0 radical (unpaired) electrons. The van der Waals surface area contributed by atoms with E-state index in [4.69, 9.17) is 0 Å². The maximum absolute atomic E-state index is 12.6. The average molecular weight is 342 g/mol. The molecule has 1 fully saturated rings. The molecule has 7 nitrogen and oxygen atoms in total. The Kier molecular flexibility index (Phi) is 4.83. The first-order chi connectivity index (χ1) is 12.3. The highest BCUT2D eigenvalue weighted by molar-refractivity contribution is 5.95. The van der Waals surface area contributed by atoms with Crippen LogP contribution < -0.4 is 10.6 Å². The second-order valence-electron chi connectivity index (χ2n) is 7.10. The van der Waals surface area contributed by atoms with Gasteiger partial charge in [0.2, 0.25) is 0 Å². The van der Waals surface area contributed by atoms with E-state index in [0.717, 1.165) is 50.3 Å². The predicted molar refractivity (Wildman–Crippen MR) is 94.1 cm³/mol. The molecule has 0 saturated heterocycles. The summed E-state index contributed by atoms with van der Waals surface area (Å²) in [5, 5.41) is 18.2. The largest absolute Gasteiger partial charge is 0.346 e. The molecule has 1 amide bonds. The summed E-state index contributed by atoms with van der Waals surface area (Å²) < 4.78 is 2.05. The van der Waals surface area contributed by atoms with Gasteiger partial charge in [-0.2, -0.15) is 10.2 Å². The zero-order valence-corrected chi connectivity index (χ0v) is 14.6. The monoisotopic (exact) mass is 342 g/mol. The second-order valence-corrected chi connectivity index (χ2v) is 7.10. The predicted octanol–water partition coefficient (Wildman–Crippen LogP) is 2.08. The zero-order chi connectivity index (χ0) is 17.1. The van der Waals surface area contributed by atoms with Gasteiger partial charge in [-0.1, -0.05) is 19.3 Å². The van der Waals surface area contributed by atoms with E-state index in [9.17, 15) is 4.79 Å². The quantitative estimate of drug-likeness (QED) is 0.794. The van der Waals surface area contributed by atoms with Gasteiger partial charge in [0, 0.05) is 19.0 Å². The van der Waals surface area contributed by atoms with Crippen molar-refractivity contribution in [2.24, 2.45) is 0 Å². The van der Waals surface area contributed by atoms with Gasteiger partial charge in [0.15, 0.2) is 0 Å². The molecule has 0 bridgehead atoms. The number of carbonyl (C=O) groups is 1. The highest BCUT2D eigenvalue weighted by Crippen LogP contribution is 2.33. The van der Waals surface area contributed by atoms with Crippen LogP contribution in [-0.2, 0) is 19.6 Å². The van der Waals surface area contributed by atoms with Crippen LogP contribution in [0.3, 0.4) is 0 Å². The van der Waals surface area contributed by atoms with Crippen LogP contribution in [0.15, 0.2) is 12.3 Å². The zero-order valence-electron chi connectivity index (χ0n) is 14.6. The van der Waals surface area contributed by atoms with E-state index in [-0.39, 0.29) is 5.91 Å². The molecule has 2 aromatic heterocycles. The number of nitrogens with zero attached hydrogens (tertiary/aromatic N) is 3. The maximum atomic E-state index is 12.6. The molecule has 1 aliphatic carbocycles. The lowest BCUT2D eigenvalue weighted by Crippen LogP contribution is -2.24. The van der Waals surface area contributed by atoms with Gasteiger partial charge in [-0.05, 0) is 31.9 Å². The fraction of sp³-hybridized carbons (Fsp3) is 0.611. The molecule has 0 unspecified atom stereocenters. The van der Waals surface area contributed by atoms with Gasteiger partial charge in [0.25, 0.3) is 5.91 Å². The normalized spacial score (nSPS) is 18.6. The van der Waals surface area contributed by atoms with E-state index < -0.39 is 0 Å². The van der Waals surface area contributed by atoms with Crippen molar-refractivity contribution in [1.29, 1.82) is 0 Å². The van der Waals surface area contributed by atoms with Crippen molar-refractivity contribution in [3.05, 3.63) is 34.9 Å². The number of aromatic nitrogens is 4. The summed E-state index contributed by atoms with van der Waals surface area (Å²) >= 11 is 0. The highest BCUT2D eigenvalue weighted by atomic mass is 16.1. The highest BCUT2D eigenvalue weighted by Gasteiger charge is 2.23. The van der Waals surface area contributed by atoms with Crippen molar-refractivity contribution in [3.8, 4) is 0 Å². The summed E-state index contributed by atoms with van der Waals surface area (Å²) in [5.41, 5.74) is 3.79. The van der Waals surface area contributed by atoms with Crippen LogP contribution in [-0.4, -0.2) is 32.4 Å². The number of nitrogens with one attached hydrogen (secondary N) is 3. The molecule has 4 rings (SSSR count). The van der Waals surface area contributed by atoms with Crippen LogP contribution in [0.5, 0.6) is 0 Å². The Balaban J connectivity index is 1.40. The molecule has 1 saturated carbocycles. The van der Waals surface area contributed by atoms with Gasteiger partial charge >= 0.3 is 0 Å². The van der Waals surface area contributed by atoms with E-state index in [1.807, 2.05) is 4.68 Å². The van der Waals surface area contributed by atoms with Gasteiger partial charge in [0.1, 0.15) is 0 Å². The topological polar surface area (TPSA) is 87.6 Å². The third-order valence-corrected chi connectivity index (χ3v) is 5.30. The van der Waals surface area contributed by atoms with E-state index in [1.165, 1.54) is 25.0 Å². The van der Waals surface area contributed by atoms with Crippen molar-refractivity contribution in [2.75, 3.05) is 6.54 Å². The first-order valence-corrected chi connectivity index (χ1v) is 9.39. The van der Waals surface area contributed by atoms with Crippen molar-refractivity contribution >= 4 is 5.91 Å². The van der Waals surface area contributed by atoms with Gasteiger partial charge in [-0.15, -0.1) is 0 Å². The Morgan fingerprint density at radius 1 is 1.28 bits per heavy atom. The molecule has 3 heterocycles. The summed E-state index contributed by atoms with van der Waals surface area (Å²) in [7, 11) is 0.